The molecule has 0 bridgehead atoms. The minimum absolute atomic E-state index is 0.333. The molecule has 154 valence electrons. The minimum Gasteiger partial charge on any atom is -0.369 e. The third-order valence-corrected chi connectivity index (χ3v) is 4.86. The molecule has 2 heterocycles. The first-order chi connectivity index (χ1) is 13.2. The Morgan fingerprint density at radius 2 is 1.82 bits per heavy atom. The molecule has 2 aliphatic heterocycles. The highest BCUT2D eigenvalue weighted by Crippen LogP contribution is 2.37. The van der Waals surface area contributed by atoms with E-state index in [1.54, 1.807) is 13.8 Å². The Bertz CT molecular complexity index is 686. The first-order valence-electron chi connectivity index (χ1n) is 9.50. The Kier molecular flexibility index (Phi) is 6.40. The average molecular weight is 391 g/mol. The van der Waals surface area contributed by atoms with Crippen molar-refractivity contribution >= 4 is 0 Å². The van der Waals surface area contributed by atoms with E-state index in [1.165, 1.54) is 7.11 Å². The highest BCUT2D eigenvalue weighted by molar-refractivity contribution is 5.13. The summed E-state index contributed by atoms with van der Waals surface area (Å²) >= 11 is 0. The first-order valence-corrected chi connectivity index (χ1v) is 9.50. The van der Waals surface area contributed by atoms with Gasteiger partial charge in [-0.3, -0.25) is 0 Å². The molecule has 0 N–H and O–H groups in total. The molecule has 3 rings (SSSR count). The van der Waals surface area contributed by atoms with Crippen LogP contribution in [0.25, 0.3) is 0 Å². The highest BCUT2D eigenvalue weighted by Gasteiger charge is 2.51. The van der Waals surface area contributed by atoms with E-state index in [1.807, 2.05) is 44.2 Å². The molecule has 2 fully saturated rings. The molecule has 28 heavy (non-hydrogen) atoms. The molecule has 7 heteroatoms. The molecule has 2 aliphatic rings. The summed E-state index contributed by atoms with van der Waals surface area (Å²) in [7, 11) is 1.54. The molecule has 0 aliphatic carbocycles. The van der Waals surface area contributed by atoms with Crippen LogP contribution < -0.4 is 0 Å². The highest BCUT2D eigenvalue weighted by atomic mass is 16.8. The number of hydrogen-bond donors (Lipinski definition) is 0. The van der Waals surface area contributed by atoms with Gasteiger partial charge >= 0.3 is 0 Å². The Labute approximate surface area is 166 Å². The number of ether oxygens (including phenoxy) is 6. The van der Waals surface area contributed by atoms with Crippen LogP contribution in [0, 0.1) is 17.2 Å². The van der Waals surface area contributed by atoms with Crippen molar-refractivity contribution in [1.82, 2.24) is 0 Å². The molecule has 7 nitrogen and oxygen atoms in total. The smallest absolute Gasteiger partial charge is 0.188 e. The zero-order chi connectivity index (χ0) is 20.4. The van der Waals surface area contributed by atoms with Crippen molar-refractivity contribution in [2.45, 2.75) is 70.5 Å². The largest absolute Gasteiger partial charge is 0.369 e. The zero-order valence-electron chi connectivity index (χ0n) is 17.1. The number of nitriles is 1. The monoisotopic (exact) mass is 391 g/mol. The van der Waals surface area contributed by atoms with E-state index in [0.29, 0.717) is 13.2 Å². The maximum atomic E-state index is 10.0. The summed E-state index contributed by atoms with van der Waals surface area (Å²) in [5.74, 6) is -2.25. The standard InChI is InChI=1S/C21H29NO6/c1-20(2)25-13-16(26-20)17(24-12-14-9-7-6-8-10-14)15(11-22)18-19(23-5)28-21(3,4)27-18/h6-10,15-19H,12-13H2,1-5H3/t15-,16+,17+,18+,19+/m0/s1. The molecule has 2 saturated heterocycles. The van der Waals surface area contributed by atoms with Gasteiger partial charge in [0.25, 0.3) is 0 Å². The van der Waals surface area contributed by atoms with Gasteiger partial charge in [-0.15, -0.1) is 0 Å². The molecule has 0 aromatic heterocycles. The third-order valence-electron chi connectivity index (χ3n) is 4.86. The first kappa shape index (κ1) is 21.2. The molecule has 5 atom stereocenters. The van der Waals surface area contributed by atoms with E-state index in [9.17, 15) is 5.26 Å². The summed E-state index contributed by atoms with van der Waals surface area (Å²) in [5.41, 5.74) is 1.01. The molecule has 0 saturated carbocycles. The molecule has 1 aromatic rings. The van der Waals surface area contributed by atoms with Crippen molar-refractivity contribution in [3.63, 3.8) is 0 Å². The van der Waals surface area contributed by atoms with E-state index < -0.39 is 42.1 Å². The third kappa shape index (κ3) is 4.90. The van der Waals surface area contributed by atoms with Crippen LogP contribution in [0.4, 0.5) is 0 Å². The molecular formula is C21H29NO6. The van der Waals surface area contributed by atoms with Gasteiger partial charge in [-0.25, -0.2) is 0 Å². The molecule has 0 amide bonds. The molecule has 0 radical (unpaired) electrons. The zero-order valence-corrected chi connectivity index (χ0v) is 17.1. The Hall–Kier alpha value is -1.53. The lowest BCUT2D eigenvalue weighted by Crippen LogP contribution is -2.46. The fourth-order valence-electron chi connectivity index (χ4n) is 3.60. The topological polar surface area (TPSA) is 79.2 Å². The predicted octanol–water partition coefficient (Wildman–Crippen LogP) is 2.99. The summed E-state index contributed by atoms with van der Waals surface area (Å²) in [6.45, 7) is 7.97. The van der Waals surface area contributed by atoms with Crippen molar-refractivity contribution in [2.75, 3.05) is 13.7 Å². The van der Waals surface area contributed by atoms with Crippen LogP contribution in [0.1, 0.15) is 33.3 Å². The van der Waals surface area contributed by atoms with E-state index >= 15 is 0 Å². The van der Waals surface area contributed by atoms with Gasteiger partial charge in [0.15, 0.2) is 17.9 Å². The number of benzene rings is 1. The van der Waals surface area contributed by atoms with Crippen molar-refractivity contribution in [3.05, 3.63) is 35.9 Å². The average Bonchev–Trinajstić information content (AvgIpc) is 3.17. The van der Waals surface area contributed by atoms with Gasteiger partial charge in [0, 0.05) is 7.11 Å². The predicted molar refractivity (Wildman–Crippen MR) is 99.9 cm³/mol. The van der Waals surface area contributed by atoms with Gasteiger partial charge in [-0.1, -0.05) is 30.3 Å². The van der Waals surface area contributed by atoms with Gasteiger partial charge in [-0.2, -0.15) is 5.26 Å². The summed E-state index contributed by atoms with van der Waals surface area (Å²) in [6, 6.07) is 12.1. The second-order valence-electron chi connectivity index (χ2n) is 7.99. The summed E-state index contributed by atoms with van der Waals surface area (Å²) in [4.78, 5) is 0. The lowest BCUT2D eigenvalue weighted by Gasteiger charge is -2.31. The van der Waals surface area contributed by atoms with Crippen molar-refractivity contribution in [2.24, 2.45) is 5.92 Å². The van der Waals surface area contributed by atoms with Crippen LogP contribution in [0.3, 0.4) is 0 Å². The van der Waals surface area contributed by atoms with Crippen molar-refractivity contribution in [1.29, 1.82) is 5.26 Å². The Balaban J connectivity index is 1.82. The van der Waals surface area contributed by atoms with Crippen LogP contribution in [0.2, 0.25) is 0 Å². The summed E-state index contributed by atoms with van der Waals surface area (Å²) in [5, 5.41) is 10.0. The SMILES string of the molecule is CO[C@@H]1OC(C)(C)O[C@@H]1[C@@H](C#N)[C@@H](OCc1ccccc1)[C@H]1COC(C)(C)O1. The Morgan fingerprint density at radius 1 is 1.11 bits per heavy atom. The van der Waals surface area contributed by atoms with Gasteiger partial charge in [0.2, 0.25) is 0 Å². The van der Waals surface area contributed by atoms with Gasteiger partial charge in [-0.05, 0) is 33.3 Å². The fourth-order valence-corrected chi connectivity index (χ4v) is 3.60. The van der Waals surface area contributed by atoms with E-state index in [2.05, 4.69) is 6.07 Å². The lowest BCUT2D eigenvalue weighted by molar-refractivity contribution is -0.183. The molecule has 0 spiro atoms. The van der Waals surface area contributed by atoms with Gasteiger partial charge in [0.1, 0.15) is 24.2 Å². The number of hydrogen-bond acceptors (Lipinski definition) is 7. The second kappa shape index (κ2) is 8.46. The van der Waals surface area contributed by atoms with E-state index in [4.69, 9.17) is 28.4 Å². The van der Waals surface area contributed by atoms with Crippen LogP contribution in [-0.4, -0.2) is 49.9 Å². The summed E-state index contributed by atoms with van der Waals surface area (Å²) < 4.78 is 35.2. The minimum atomic E-state index is -0.850. The number of methoxy groups -OCH3 is 1. The van der Waals surface area contributed by atoms with Gasteiger partial charge in [0.05, 0.1) is 19.3 Å². The lowest BCUT2D eigenvalue weighted by atomic mass is 9.92. The number of nitrogens with zero attached hydrogens (tertiary/aromatic N) is 1. The van der Waals surface area contributed by atoms with E-state index in [-0.39, 0.29) is 0 Å². The van der Waals surface area contributed by atoms with Crippen molar-refractivity contribution < 1.29 is 28.4 Å². The fraction of sp³-hybridized carbons (Fsp3) is 0.667. The van der Waals surface area contributed by atoms with Crippen molar-refractivity contribution in [3.8, 4) is 6.07 Å². The summed E-state index contributed by atoms with van der Waals surface area (Å²) in [6.07, 6.45) is -2.27. The van der Waals surface area contributed by atoms with Crippen LogP contribution >= 0.6 is 0 Å². The molecular weight excluding hydrogens is 362 g/mol. The number of rotatable bonds is 7. The van der Waals surface area contributed by atoms with Gasteiger partial charge < -0.3 is 28.4 Å². The van der Waals surface area contributed by atoms with Crippen LogP contribution in [-0.2, 0) is 35.0 Å². The maximum absolute atomic E-state index is 10.0. The molecule has 1 aromatic carbocycles. The normalized spacial score (nSPS) is 30.6. The quantitative estimate of drug-likeness (QED) is 0.707. The second-order valence-corrected chi connectivity index (χ2v) is 7.99. The maximum Gasteiger partial charge on any atom is 0.188 e. The van der Waals surface area contributed by atoms with E-state index in [0.717, 1.165) is 5.56 Å². The van der Waals surface area contributed by atoms with Crippen LogP contribution in [0.15, 0.2) is 30.3 Å². The Morgan fingerprint density at radius 3 is 2.39 bits per heavy atom. The molecule has 0 unspecified atom stereocenters. The van der Waals surface area contributed by atoms with Crippen LogP contribution in [0.5, 0.6) is 0 Å².